The largest absolute Gasteiger partial charge is 0.302 e. The SMILES string of the molecule is CCN1CC2(CCC(CC(C)C)C2)C1. The van der Waals surface area contributed by atoms with Gasteiger partial charge in [-0.2, -0.15) is 0 Å². The molecule has 1 spiro atoms. The Hall–Kier alpha value is -0.0400. The molecule has 0 N–H and O–H groups in total. The number of hydrogen-bond donors (Lipinski definition) is 0. The van der Waals surface area contributed by atoms with Gasteiger partial charge >= 0.3 is 0 Å². The van der Waals surface area contributed by atoms with Crippen LogP contribution in [0, 0.1) is 17.3 Å². The van der Waals surface area contributed by atoms with Gasteiger partial charge in [-0.1, -0.05) is 20.8 Å². The van der Waals surface area contributed by atoms with Gasteiger partial charge < -0.3 is 4.90 Å². The van der Waals surface area contributed by atoms with E-state index in [1.54, 1.807) is 0 Å². The van der Waals surface area contributed by atoms with Gasteiger partial charge in [-0.3, -0.25) is 0 Å². The fraction of sp³-hybridized carbons (Fsp3) is 1.00. The minimum atomic E-state index is 0.773. The molecule has 0 amide bonds. The molecule has 1 atom stereocenters. The van der Waals surface area contributed by atoms with Crippen molar-refractivity contribution in [3.8, 4) is 0 Å². The fourth-order valence-electron chi connectivity index (χ4n) is 3.61. The van der Waals surface area contributed by atoms with Gasteiger partial charge in [0.25, 0.3) is 0 Å². The molecular weight excluding hydrogens is 170 g/mol. The van der Waals surface area contributed by atoms with Gasteiger partial charge in [0, 0.05) is 13.1 Å². The first-order valence-corrected chi connectivity index (χ1v) is 6.36. The van der Waals surface area contributed by atoms with Crippen molar-refractivity contribution in [2.45, 2.75) is 46.5 Å². The van der Waals surface area contributed by atoms with E-state index in [0.29, 0.717) is 0 Å². The maximum Gasteiger partial charge on any atom is 0.00505 e. The molecule has 1 nitrogen and oxygen atoms in total. The lowest BCUT2D eigenvalue weighted by Gasteiger charge is -2.48. The highest BCUT2D eigenvalue weighted by Crippen LogP contribution is 2.49. The third-order valence-electron chi connectivity index (χ3n) is 4.17. The number of rotatable bonds is 3. The predicted molar refractivity (Wildman–Crippen MR) is 61.3 cm³/mol. The first-order chi connectivity index (χ1) is 6.63. The Kier molecular flexibility index (Phi) is 2.88. The van der Waals surface area contributed by atoms with Gasteiger partial charge in [0.1, 0.15) is 0 Å². The molecule has 2 aliphatic rings. The molecule has 0 radical (unpaired) electrons. The van der Waals surface area contributed by atoms with E-state index in [1.807, 2.05) is 0 Å². The van der Waals surface area contributed by atoms with Crippen LogP contribution in [-0.4, -0.2) is 24.5 Å². The summed E-state index contributed by atoms with van der Waals surface area (Å²) in [4.78, 5) is 2.59. The Bertz CT molecular complexity index is 191. The van der Waals surface area contributed by atoms with Crippen LogP contribution in [0.5, 0.6) is 0 Å². The molecular formula is C13H25N. The lowest BCUT2D eigenvalue weighted by molar-refractivity contribution is 0.00678. The third-order valence-corrected chi connectivity index (χ3v) is 4.17. The van der Waals surface area contributed by atoms with Crippen molar-refractivity contribution < 1.29 is 0 Å². The number of hydrogen-bond acceptors (Lipinski definition) is 1. The van der Waals surface area contributed by atoms with Crippen molar-refractivity contribution >= 4 is 0 Å². The van der Waals surface area contributed by atoms with Crippen molar-refractivity contribution in [3.05, 3.63) is 0 Å². The summed E-state index contributed by atoms with van der Waals surface area (Å²) in [5, 5.41) is 0. The summed E-state index contributed by atoms with van der Waals surface area (Å²) >= 11 is 0. The van der Waals surface area contributed by atoms with Crippen molar-refractivity contribution in [2.24, 2.45) is 17.3 Å². The van der Waals surface area contributed by atoms with Gasteiger partial charge in [0.15, 0.2) is 0 Å². The van der Waals surface area contributed by atoms with E-state index >= 15 is 0 Å². The quantitative estimate of drug-likeness (QED) is 0.668. The zero-order valence-corrected chi connectivity index (χ0v) is 10.1. The Morgan fingerprint density at radius 2 is 2.07 bits per heavy atom. The molecule has 0 aromatic rings. The fourth-order valence-corrected chi connectivity index (χ4v) is 3.61. The summed E-state index contributed by atoms with van der Waals surface area (Å²) in [6, 6.07) is 0. The second-order valence-corrected chi connectivity index (χ2v) is 6.04. The number of likely N-dealkylation sites (tertiary alicyclic amines) is 1. The summed E-state index contributed by atoms with van der Waals surface area (Å²) in [7, 11) is 0. The molecule has 1 unspecified atom stereocenters. The van der Waals surface area contributed by atoms with Crippen LogP contribution in [0.4, 0.5) is 0 Å². The van der Waals surface area contributed by atoms with Gasteiger partial charge in [-0.25, -0.2) is 0 Å². The van der Waals surface area contributed by atoms with Crippen molar-refractivity contribution in [1.82, 2.24) is 4.90 Å². The van der Waals surface area contributed by atoms with E-state index in [1.165, 1.54) is 45.3 Å². The van der Waals surface area contributed by atoms with Crippen LogP contribution in [0.25, 0.3) is 0 Å². The normalized spacial score (nSPS) is 31.3. The lowest BCUT2D eigenvalue weighted by atomic mass is 9.77. The molecule has 1 aliphatic heterocycles. The van der Waals surface area contributed by atoms with Crippen LogP contribution in [0.2, 0.25) is 0 Å². The van der Waals surface area contributed by atoms with Crippen LogP contribution in [0.1, 0.15) is 46.5 Å². The van der Waals surface area contributed by atoms with E-state index in [4.69, 9.17) is 0 Å². The van der Waals surface area contributed by atoms with Crippen molar-refractivity contribution in [2.75, 3.05) is 19.6 Å². The molecule has 2 rings (SSSR count). The zero-order valence-electron chi connectivity index (χ0n) is 10.1. The number of nitrogens with zero attached hydrogens (tertiary/aromatic N) is 1. The molecule has 2 fully saturated rings. The molecule has 0 aromatic carbocycles. The molecule has 1 aliphatic carbocycles. The zero-order chi connectivity index (χ0) is 10.2. The average Bonchev–Trinajstić information content (AvgIpc) is 2.44. The van der Waals surface area contributed by atoms with E-state index < -0.39 is 0 Å². The second kappa shape index (κ2) is 3.84. The maximum atomic E-state index is 2.59. The van der Waals surface area contributed by atoms with Gasteiger partial charge in [-0.15, -0.1) is 0 Å². The Labute approximate surface area is 88.9 Å². The highest BCUT2D eigenvalue weighted by molar-refractivity contribution is 4.99. The van der Waals surface area contributed by atoms with E-state index in [-0.39, 0.29) is 0 Å². The van der Waals surface area contributed by atoms with Gasteiger partial charge in [0.05, 0.1) is 0 Å². The smallest absolute Gasteiger partial charge is 0.00505 e. The molecule has 0 aromatic heterocycles. The van der Waals surface area contributed by atoms with Crippen molar-refractivity contribution in [1.29, 1.82) is 0 Å². The minimum absolute atomic E-state index is 0.773. The Morgan fingerprint density at radius 3 is 2.64 bits per heavy atom. The first kappa shape index (κ1) is 10.5. The second-order valence-electron chi connectivity index (χ2n) is 6.04. The molecule has 0 bridgehead atoms. The predicted octanol–water partition coefficient (Wildman–Crippen LogP) is 3.15. The van der Waals surface area contributed by atoms with Crippen LogP contribution < -0.4 is 0 Å². The molecule has 1 heterocycles. The van der Waals surface area contributed by atoms with Crippen LogP contribution in [-0.2, 0) is 0 Å². The minimum Gasteiger partial charge on any atom is -0.302 e. The topological polar surface area (TPSA) is 3.24 Å². The first-order valence-electron chi connectivity index (χ1n) is 6.36. The molecule has 1 heteroatoms. The van der Waals surface area contributed by atoms with Crippen molar-refractivity contribution in [3.63, 3.8) is 0 Å². The Balaban J connectivity index is 1.78. The lowest BCUT2D eigenvalue weighted by Crippen LogP contribution is -2.54. The van der Waals surface area contributed by atoms with Crippen LogP contribution in [0.3, 0.4) is 0 Å². The van der Waals surface area contributed by atoms with E-state index in [0.717, 1.165) is 17.3 Å². The third kappa shape index (κ3) is 1.98. The maximum absolute atomic E-state index is 2.59. The molecule has 1 saturated heterocycles. The standard InChI is InChI=1S/C13H25N/c1-4-14-9-13(10-14)6-5-12(8-13)7-11(2)3/h11-12H,4-10H2,1-3H3. The highest BCUT2D eigenvalue weighted by Gasteiger charge is 2.46. The van der Waals surface area contributed by atoms with Crippen LogP contribution >= 0.6 is 0 Å². The monoisotopic (exact) mass is 195 g/mol. The molecule has 82 valence electrons. The summed E-state index contributed by atoms with van der Waals surface area (Å²) in [6.45, 7) is 11.1. The van der Waals surface area contributed by atoms with Gasteiger partial charge in [0.2, 0.25) is 0 Å². The average molecular weight is 195 g/mol. The van der Waals surface area contributed by atoms with E-state index in [2.05, 4.69) is 25.7 Å². The van der Waals surface area contributed by atoms with Gasteiger partial charge in [-0.05, 0) is 49.5 Å². The Morgan fingerprint density at radius 1 is 1.36 bits per heavy atom. The van der Waals surface area contributed by atoms with E-state index in [9.17, 15) is 0 Å². The molecule has 14 heavy (non-hydrogen) atoms. The summed E-state index contributed by atoms with van der Waals surface area (Å²) < 4.78 is 0. The van der Waals surface area contributed by atoms with Crippen LogP contribution in [0.15, 0.2) is 0 Å². The summed E-state index contributed by atoms with van der Waals surface area (Å²) in [6.07, 6.45) is 6.02. The highest BCUT2D eigenvalue weighted by atomic mass is 15.2. The summed E-state index contributed by atoms with van der Waals surface area (Å²) in [5.41, 5.74) is 0.773. The molecule has 1 saturated carbocycles. The summed E-state index contributed by atoms with van der Waals surface area (Å²) in [5.74, 6) is 1.95.